The Bertz CT molecular complexity index is 422. The Hall–Kier alpha value is -0.400. The Morgan fingerprint density at radius 1 is 1.52 bits per heavy atom. The van der Waals surface area contributed by atoms with Crippen molar-refractivity contribution in [3.63, 3.8) is 0 Å². The van der Waals surface area contributed by atoms with Crippen LogP contribution >= 0.6 is 34.9 Å². The number of hydrogen-bond acceptors (Lipinski definition) is 5. The molecule has 4 nitrogen and oxygen atoms in total. The number of nitrogens with one attached hydrogen (secondary N) is 2. The van der Waals surface area contributed by atoms with Crippen LogP contribution in [-0.2, 0) is 0 Å². The zero-order chi connectivity index (χ0) is 14.9. The van der Waals surface area contributed by atoms with Gasteiger partial charge in [-0.05, 0) is 31.9 Å². The third kappa shape index (κ3) is 6.08. The van der Waals surface area contributed by atoms with E-state index in [0.29, 0.717) is 6.04 Å². The van der Waals surface area contributed by atoms with E-state index >= 15 is 0 Å². The lowest BCUT2D eigenvalue weighted by Gasteiger charge is -2.17. The molecule has 0 spiro atoms. The summed E-state index contributed by atoms with van der Waals surface area (Å²) in [5.41, 5.74) is 0. The molecule has 1 heterocycles. The quantitative estimate of drug-likeness (QED) is 0.344. The first-order chi connectivity index (χ1) is 10.3. The highest BCUT2D eigenvalue weighted by Gasteiger charge is 2.24. The van der Waals surface area contributed by atoms with Gasteiger partial charge in [-0.3, -0.25) is 4.99 Å². The van der Waals surface area contributed by atoms with Crippen molar-refractivity contribution in [2.24, 2.45) is 4.99 Å². The second-order valence-electron chi connectivity index (χ2n) is 5.01. The van der Waals surface area contributed by atoms with Crippen molar-refractivity contribution < 1.29 is 0 Å². The van der Waals surface area contributed by atoms with E-state index in [-0.39, 0.29) is 0 Å². The first-order valence-electron chi connectivity index (χ1n) is 7.34. The summed E-state index contributed by atoms with van der Waals surface area (Å²) >= 11 is 5.52. The summed E-state index contributed by atoms with van der Waals surface area (Å²) < 4.78 is 1.16. The minimum Gasteiger partial charge on any atom is -0.356 e. The Labute approximate surface area is 140 Å². The number of hydrogen-bond donors (Lipinski definition) is 2. The summed E-state index contributed by atoms with van der Waals surface area (Å²) in [5, 5.41) is 9.79. The minimum atomic E-state index is 0.582. The van der Waals surface area contributed by atoms with E-state index in [1.807, 2.05) is 42.1 Å². The first kappa shape index (κ1) is 17.0. The van der Waals surface area contributed by atoms with Gasteiger partial charge in [0.2, 0.25) is 0 Å². The molecule has 2 N–H and O–H groups in total. The molecule has 1 aromatic rings. The summed E-state index contributed by atoms with van der Waals surface area (Å²) in [6, 6.07) is 0.582. The van der Waals surface area contributed by atoms with Gasteiger partial charge in [0.1, 0.15) is 4.34 Å². The van der Waals surface area contributed by atoms with Gasteiger partial charge in [-0.2, -0.15) is 11.8 Å². The lowest BCUT2D eigenvalue weighted by Crippen LogP contribution is -2.42. The topological polar surface area (TPSA) is 49.3 Å². The molecule has 7 heteroatoms. The fourth-order valence-corrected chi connectivity index (χ4v) is 4.84. The summed E-state index contributed by atoms with van der Waals surface area (Å²) in [6.07, 6.45) is 9.01. The molecule has 1 aromatic heterocycles. The van der Waals surface area contributed by atoms with Crippen LogP contribution in [0.3, 0.4) is 0 Å². The number of guanidine groups is 1. The number of thioether (sulfide) groups is 2. The van der Waals surface area contributed by atoms with Gasteiger partial charge in [0, 0.05) is 42.2 Å². The lowest BCUT2D eigenvalue weighted by atomic mass is 10.2. The van der Waals surface area contributed by atoms with Crippen molar-refractivity contribution in [3.05, 3.63) is 11.6 Å². The average Bonchev–Trinajstić information content (AvgIpc) is 3.16. The van der Waals surface area contributed by atoms with Crippen LogP contribution in [0.25, 0.3) is 0 Å². The van der Waals surface area contributed by atoms with Crippen LogP contribution in [0.1, 0.15) is 25.7 Å². The van der Waals surface area contributed by atoms with Crippen molar-refractivity contribution >= 4 is 40.8 Å². The van der Waals surface area contributed by atoms with Gasteiger partial charge in [-0.1, -0.05) is 11.8 Å². The first-order valence-corrected chi connectivity index (χ1v) is 10.5. The van der Waals surface area contributed by atoms with Gasteiger partial charge in [-0.15, -0.1) is 11.3 Å². The van der Waals surface area contributed by atoms with Crippen molar-refractivity contribution in [1.29, 1.82) is 0 Å². The monoisotopic (exact) mass is 344 g/mol. The van der Waals surface area contributed by atoms with Crippen LogP contribution in [0.4, 0.5) is 0 Å². The Morgan fingerprint density at radius 3 is 3.10 bits per heavy atom. The van der Waals surface area contributed by atoms with Gasteiger partial charge in [0.15, 0.2) is 5.96 Å². The third-order valence-corrected chi connectivity index (χ3v) is 6.68. The highest BCUT2D eigenvalue weighted by atomic mass is 32.2. The van der Waals surface area contributed by atoms with E-state index in [2.05, 4.69) is 26.9 Å². The molecule has 0 bridgehead atoms. The molecule has 1 aliphatic rings. The molecule has 1 saturated carbocycles. The largest absolute Gasteiger partial charge is 0.356 e. The SMILES string of the molecule is CN=C(NCCCSc1nccs1)NC1CCC(SC)C1. The maximum Gasteiger partial charge on any atom is 0.191 e. The molecule has 0 saturated heterocycles. The normalized spacial score (nSPS) is 22.5. The summed E-state index contributed by atoms with van der Waals surface area (Å²) in [6.45, 7) is 0.955. The maximum atomic E-state index is 4.32. The van der Waals surface area contributed by atoms with Crippen molar-refractivity contribution in [3.8, 4) is 0 Å². The predicted octanol–water partition coefficient (Wildman–Crippen LogP) is 3.07. The molecular weight excluding hydrogens is 320 g/mol. The fraction of sp³-hybridized carbons (Fsp3) is 0.714. The smallest absolute Gasteiger partial charge is 0.191 e. The molecule has 21 heavy (non-hydrogen) atoms. The Balaban J connectivity index is 1.57. The minimum absolute atomic E-state index is 0.582. The molecule has 0 aliphatic heterocycles. The van der Waals surface area contributed by atoms with E-state index in [0.717, 1.165) is 34.3 Å². The molecule has 2 unspecified atom stereocenters. The average molecular weight is 345 g/mol. The second-order valence-corrected chi connectivity index (χ2v) is 8.39. The van der Waals surface area contributed by atoms with E-state index in [1.165, 1.54) is 19.3 Å². The zero-order valence-electron chi connectivity index (χ0n) is 12.7. The lowest BCUT2D eigenvalue weighted by molar-refractivity contribution is 0.614. The van der Waals surface area contributed by atoms with Crippen LogP contribution in [-0.4, -0.2) is 47.8 Å². The standard InChI is InChI=1S/C14H24N4S3/c1-15-13(18-11-4-5-12(10-11)19-2)16-6-3-8-20-14-17-7-9-21-14/h7,9,11-12H,3-6,8,10H2,1-2H3,(H2,15,16,18). The number of nitrogens with zero attached hydrogens (tertiary/aromatic N) is 2. The fourth-order valence-electron chi connectivity index (χ4n) is 2.39. The van der Waals surface area contributed by atoms with E-state index in [1.54, 1.807) is 11.3 Å². The van der Waals surface area contributed by atoms with Gasteiger partial charge >= 0.3 is 0 Å². The molecule has 118 valence electrons. The van der Waals surface area contributed by atoms with Gasteiger partial charge in [0.25, 0.3) is 0 Å². The van der Waals surface area contributed by atoms with Gasteiger partial charge < -0.3 is 10.6 Å². The zero-order valence-corrected chi connectivity index (χ0v) is 15.1. The molecule has 2 rings (SSSR count). The highest BCUT2D eigenvalue weighted by molar-refractivity contribution is 8.01. The molecular formula is C14H24N4S3. The van der Waals surface area contributed by atoms with E-state index in [4.69, 9.17) is 0 Å². The number of thiazole rings is 1. The Morgan fingerprint density at radius 2 is 2.43 bits per heavy atom. The molecule has 1 aliphatic carbocycles. The van der Waals surface area contributed by atoms with Crippen LogP contribution in [0.15, 0.2) is 20.9 Å². The van der Waals surface area contributed by atoms with Crippen LogP contribution in [0.2, 0.25) is 0 Å². The maximum absolute atomic E-state index is 4.32. The molecule has 0 aromatic carbocycles. The molecule has 2 atom stereocenters. The van der Waals surface area contributed by atoms with Crippen molar-refractivity contribution in [2.75, 3.05) is 25.6 Å². The summed E-state index contributed by atoms with van der Waals surface area (Å²) in [4.78, 5) is 8.59. The third-order valence-electron chi connectivity index (χ3n) is 3.53. The van der Waals surface area contributed by atoms with E-state index < -0.39 is 0 Å². The second kappa shape index (κ2) is 9.58. The summed E-state index contributed by atoms with van der Waals surface area (Å²) in [5.74, 6) is 2.04. The predicted molar refractivity (Wildman–Crippen MR) is 96.9 cm³/mol. The molecule has 0 amide bonds. The summed E-state index contributed by atoms with van der Waals surface area (Å²) in [7, 11) is 1.85. The molecule has 0 radical (unpaired) electrons. The van der Waals surface area contributed by atoms with Gasteiger partial charge in [0.05, 0.1) is 0 Å². The van der Waals surface area contributed by atoms with Crippen LogP contribution in [0, 0.1) is 0 Å². The number of rotatable bonds is 7. The number of aliphatic imine (C=N–C) groups is 1. The van der Waals surface area contributed by atoms with Crippen LogP contribution in [0.5, 0.6) is 0 Å². The Kier molecular flexibility index (Phi) is 7.74. The van der Waals surface area contributed by atoms with Crippen LogP contribution < -0.4 is 10.6 Å². The van der Waals surface area contributed by atoms with Crippen molar-refractivity contribution in [1.82, 2.24) is 15.6 Å². The highest BCUT2D eigenvalue weighted by Crippen LogP contribution is 2.28. The molecule has 1 fully saturated rings. The van der Waals surface area contributed by atoms with Crippen molar-refractivity contribution in [2.45, 2.75) is 41.3 Å². The van der Waals surface area contributed by atoms with Gasteiger partial charge in [-0.25, -0.2) is 4.98 Å². The number of aromatic nitrogens is 1. The van der Waals surface area contributed by atoms with E-state index in [9.17, 15) is 0 Å².